The first kappa shape index (κ1) is 11.3. The lowest BCUT2D eigenvalue weighted by atomic mass is 10.0. The molecule has 2 rings (SSSR count). The first-order chi connectivity index (χ1) is 7.86. The van der Waals surface area contributed by atoms with Crippen LogP contribution in [0.25, 0.3) is 0 Å². The van der Waals surface area contributed by atoms with Gasteiger partial charge in [-0.05, 0) is 24.8 Å². The van der Waals surface area contributed by atoms with Gasteiger partial charge in [-0.15, -0.1) is 11.3 Å². The third kappa shape index (κ3) is 3.15. The van der Waals surface area contributed by atoms with Gasteiger partial charge in [0.05, 0.1) is 11.2 Å². The smallest absolute Gasteiger partial charge is 0.0795 e. The summed E-state index contributed by atoms with van der Waals surface area (Å²) < 4.78 is 0. The van der Waals surface area contributed by atoms with E-state index in [4.69, 9.17) is 5.73 Å². The fourth-order valence-electron chi connectivity index (χ4n) is 1.72. The van der Waals surface area contributed by atoms with E-state index in [1.54, 1.807) is 11.3 Å². The summed E-state index contributed by atoms with van der Waals surface area (Å²) in [4.78, 5) is 4.24. The molecule has 0 bridgehead atoms. The quantitative estimate of drug-likeness (QED) is 0.860. The summed E-state index contributed by atoms with van der Waals surface area (Å²) in [5, 5.41) is 2.03. The van der Waals surface area contributed by atoms with Gasteiger partial charge in [-0.25, -0.2) is 4.98 Å². The van der Waals surface area contributed by atoms with Crippen LogP contribution >= 0.6 is 11.3 Å². The maximum Gasteiger partial charge on any atom is 0.0795 e. The molecule has 1 heterocycles. The lowest BCUT2D eigenvalue weighted by Crippen LogP contribution is -2.10. The maximum atomic E-state index is 6.05. The minimum atomic E-state index is 0.0926. The van der Waals surface area contributed by atoms with Gasteiger partial charge in [-0.1, -0.05) is 30.3 Å². The second-order valence-electron chi connectivity index (χ2n) is 3.90. The molecular formula is C13H16N2S. The van der Waals surface area contributed by atoms with Crippen molar-refractivity contribution in [1.82, 2.24) is 4.98 Å². The number of rotatable bonds is 5. The number of hydrogen-bond acceptors (Lipinski definition) is 3. The standard InChI is InChI=1S/C13H16N2S/c14-12(13-9-16-10-15-13)8-4-7-11-5-2-1-3-6-11/h1-3,5-6,9-10,12H,4,7-8,14H2. The number of benzene rings is 1. The van der Waals surface area contributed by atoms with E-state index < -0.39 is 0 Å². The number of aromatic nitrogens is 1. The van der Waals surface area contributed by atoms with E-state index >= 15 is 0 Å². The van der Waals surface area contributed by atoms with Gasteiger partial charge < -0.3 is 5.73 Å². The summed E-state index contributed by atoms with van der Waals surface area (Å²) in [6, 6.07) is 10.6. The Hall–Kier alpha value is -1.19. The fourth-order valence-corrected chi connectivity index (χ4v) is 2.34. The van der Waals surface area contributed by atoms with E-state index in [-0.39, 0.29) is 6.04 Å². The summed E-state index contributed by atoms with van der Waals surface area (Å²) in [5.41, 5.74) is 10.3. The molecule has 1 unspecified atom stereocenters. The molecule has 0 saturated heterocycles. The van der Waals surface area contributed by atoms with Crippen LogP contribution in [0.15, 0.2) is 41.2 Å². The highest BCUT2D eigenvalue weighted by atomic mass is 32.1. The Bertz CT molecular complexity index is 397. The molecule has 1 atom stereocenters. The zero-order valence-corrected chi connectivity index (χ0v) is 9.99. The minimum Gasteiger partial charge on any atom is -0.323 e. The first-order valence-electron chi connectivity index (χ1n) is 5.54. The monoisotopic (exact) mass is 232 g/mol. The van der Waals surface area contributed by atoms with Crippen molar-refractivity contribution in [1.29, 1.82) is 0 Å². The predicted molar refractivity (Wildman–Crippen MR) is 68.4 cm³/mol. The molecule has 2 N–H and O–H groups in total. The van der Waals surface area contributed by atoms with E-state index in [0.29, 0.717) is 0 Å². The average Bonchev–Trinajstić information content (AvgIpc) is 2.84. The van der Waals surface area contributed by atoms with Crippen molar-refractivity contribution < 1.29 is 0 Å². The van der Waals surface area contributed by atoms with Crippen molar-refractivity contribution in [2.45, 2.75) is 25.3 Å². The Morgan fingerprint density at radius 2 is 2.06 bits per heavy atom. The molecule has 1 aromatic carbocycles. The lowest BCUT2D eigenvalue weighted by Gasteiger charge is -2.08. The Morgan fingerprint density at radius 1 is 1.25 bits per heavy atom. The van der Waals surface area contributed by atoms with E-state index in [1.165, 1.54) is 5.56 Å². The van der Waals surface area contributed by atoms with Crippen LogP contribution in [0.2, 0.25) is 0 Å². The molecule has 16 heavy (non-hydrogen) atoms. The molecule has 0 aliphatic carbocycles. The Balaban J connectivity index is 1.76. The highest BCUT2D eigenvalue weighted by Crippen LogP contribution is 2.16. The summed E-state index contributed by atoms with van der Waals surface area (Å²) in [6.07, 6.45) is 3.21. The Kier molecular flexibility index (Phi) is 4.08. The summed E-state index contributed by atoms with van der Waals surface area (Å²) >= 11 is 1.61. The molecule has 3 heteroatoms. The van der Waals surface area contributed by atoms with Crippen molar-refractivity contribution in [3.05, 3.63) is 52.5 Å². The number of thiazole rings is 1. The highest BCUT2D eigenvalue weighted by Gasteiger charge is 2.07. The van der Waals surface area contributed by atoms with Crippen LogP contribution in [-0.4, -0.2) is 4.98 Å². The summed E-state index contributed by atoms with van der Waals surface area (Å²) in [5.74, 6) is 0. The molecule has 0 radical (unpaired) electrons. The molecule has 1 aromatic heterocycles. The number of aryl methyl sites for hydroxylation is 1. The second kappa shape index (κ2) is 5.77. The Labute approximate surface area is 100 Å². The van der Waals surface area contributed by atoms with Gasteiger partial charge in [0.25, 0.3) is 0 Å². The fraction of sp³-hybridized carbons (Fsp3) is 0.308. The SMILES string of the molecule is NC(CCCc1ccccc1)c1cscn1. The molecule has 0 fully saturated rings. The Morgan fingerprint density at radius 3 is 2.75 bits per heavy atom. The van der Waals surface area contributed by atoms with Crippen LogP contribution in [0.4, 0.5) is 0 Å². The third-order valence-electron chi connectivity index (χ3n) is 2.65. The van der Waals surface area contributed by atoms with Gasteiger partial charge in [-0.2, -0.15) is 0 Å². The second-order valence-corrected chi connectivity index (χ2v) is 4.62. The van der Waals surface area contributed by atoms with E-state index in [1.807, 2.05) is 17.0 Å². The molecule has 2 aromatic rings. The van der Waals surface area contributed by atoms with Crippen molar-refractivity contribution >= 4 is 11.3 Å². The van der Waals surface area contributed by atoms with Crippen LogP contribution in [0.5, 0.6) is 0 Å². The third-order valence-corrected chi connectivity index (χ3v) is 3.26. The zero-order valence-electron chi connectivity index (χ0n) is 9.17. The van der Waals surface area contributed by atoms with Crippen molar-refractivity contribution in [2.24, 2.45) is 5.73 Å². The minimum absolute atomic E-state index is 0.0926. The van der Waals surface area contributed by atoms with E-state index in [9.17, 15) is 0 Å². The van der Waals surface area contributed by atoms with E-state index in [2.05, 4.69) is 29.2 Å². The van der Waals surface area contributed by atoms with Gasteiger partial charge in [0.2, 0.25) is 0 Å². The van der Waals surface area contributed by atoms with Gasteiger partial charge in [0.1, 0.15) is 0 Å². The van der Waals surface area contributed by atoms with Gasteiger partial charge in [0.15, 0.2) is 0 Å². The number of nitrogens with zero attached hydrogens (tertiary/aromatic N) is 1. The summed E-state index contributed by atoms with van der Waals surface area (Å²) in [6.45, 7) is 0. The molecule has 0 spiro atoms. The molecular weight excluding hydrogens is 216 g/mol. The zero-order chi connectivity index (χ0) is 11.2. The molecule has 84 valence electrons. The average molecular weight is 232 g/mol. The van der Waals surface area contributed by atoms with Crippen molar-refractivity contribution in [3.8, 4) is 0 Å². The number of nitrogens with two attached hydrogens (primary N) is 1. The molecule has 0 aliphatic rings. The van der Waals surface area contributed by atoms with Gasteiger partial charge in [0, 0.05) is 11.4 Å². The largest absolute Gasteiger partial charge is 0.323 e. The van der Waals surface area contributed by atoms with Crippen LogP contribution in [0, 0.1) is 0 Å². The van der Waals surface area contributed by atoms with Crippen LogP contribution in [0.3, 0.4) is 0 Å². The first-order valence-corrected chi connectivity index (χ1v) is 6.48. The van der Waals surface area contributed by atoms with Crippen molar-refractivity contribution in [3.63, 3.8) is 0 Å². The maximum absolute atomic E-state index is 6.05. The topological polar surface area (TPSA) is 38.9 Å². The molecule has 0 saturated carbocycles. The highest BCUT2D eigenvalue weighted by molar-refractivity contribution is 7.07. The van der Waals surface area contributed by atoms with Gasteiger partial charge in [-0.3, -0.25) is 0 Å². The van der Waals surface area contributed by atoms with E-state index in [0.717, 1.165) is 25.0 Å². The normalized spacial score (nSPS) is 12.6. The van der Waals surface area contributed by atoms with Crippen LogP contribution < -0.4 is 5.73 Å². The number of hydrogen-bond donors (Lipinski definition) is 1. The predicted octanol–water partition coefficient (Wildman–Crippen LogP) is 3.17. The van der Waals surface area contributed by atoms with Gasteiger partial charge >= 0.3 is 0 Å². The molecule has 0 amide bonds. The lowest BCUT2D eigenvalue weighted by molar-refractivity contribution is 0.600. The van der Waals surface area contributed by atoms with Crippen LogP contribution in [-0.2, 0) is 6.42 Å². The summed E-state index contributed by atoms with van der Waals surface area (Å²) in [7, 11) is 0. The molecule has 0 aliphatic heterocycles. The van der Waals surface area contributed by atoms with Crippen molar-refractivity contribution in [2.75, 3.05) is 0 Å². The van der Waals surface area contributed by atoms with Crippen LogP contribution in [0.1, 0.15) is 30.1 Å². The molecule has 2 nitrogen and oxygen atoms in total.